The molecule has 11 rings (SSSR count). The Labute approximate surface area is 368 Å². The number of hydrogen-bond donors (Lipinski definition) is 3. The van der Waals surface area contributed by atoms with E-state index in [4.69, 9.17) is 9.97 Å². The van der Waals surface area contributed by atoms with Crippen molar-refractivity contribution in [3.8, 4) is 22.5 Å². The Kier molecular flexibility index (Phi) is 9.53. The van der Waals surface area contributed by atoms with Crippen LogP contribution in [-0.2, 0) is 36.4 Å². The van der Waals surface area contributed by atoms with Gasteiger partial charge in [0.05, 0.1) is 16.4 Å². The summed E-state index contributed by atoms with van der Waals surface area (Å²) in [5.74, 6) is -8.31. The molecular weight excluding hydrogens is 878 g/mol. The van der Waals surface area contributed by atoms with E-state index < -0.39 is 71.0 Å². The van der Waals surface area contributed by atoms with Crippen molar-refractivity contribution in [2.75, 3.05) is 36.0 Å². The third-order valence-corrected chi connectivity index (χ3v) is 13.6. The molecule has 3 aromatic carbocycles. The molecule has 2 fully saturated rings. The van der Waals surface area contributed by atoms with E-state index in [1.54, 1.807) is 36.7 Å². The van der Waals surface area contributed by atoms with Gasteiger partial charge in [0.1, 0.15) is 29.7 Å². The minimum Gasteiger partial charge on any atom is -0.368 e. The molecule has 2 aliphatic heterocycles. The SMILES string of the molecule is O=C(Cn1nc(C(F)(F)F)c2c1C(F)(F)[C@@H]1CC21)N[C@@H](Cc1cc(F)cc(F)c1)c1nc2nc(N3CCN(c4ccc(-c5ncc[nH]5)cc4)CC3)sc2cc1-c1ccc2c(c1)C(=O)NC2. The molecule has 7 aromatic rings. The van der Waals surface area contributed by atoms with Gasteiger partial charge in [-0.3, -0.25) is 14.3 Å². The fourth-order valence-electron chi connectivity index (χ4n) is 9.44. The minimum atomic E-state index is -5.04. The van der Waals surface area contributed by atoms with Gasteiger partial charge < -0.3 is 25.4 Å². The molecule has 65 heavy (non-hydrogen) atoms. The number of benzene rings is 3. The average Bonchev–Trinajstić information content (AvgIpc) is 3.73. The number of anilines is 2. The van der Waals surface area contributed by atoms with Crippen LogP contribution >= 0.6 is 11.3 Å². The molecule has 20 heteroatoms. The summed E-state index contributed by atoms with van der Waals surface area (Å²) in [6, 6.07) is 16.7. The molecule has 332 valence electrons. The molecule has 0 spiro atoms. The lowest BCUT2D eigenvalue weighted by molar-refractivity contribution is -0.142. The Hall–Kier alpha value is -6.83. The molecule has 1 unspecified atom stereocenters. The Morgan fingerprint density at radius 3 is 2.38 bits per heavy atom. The highest BCUT2D eigenvalue weighted by molar-refractivity contribution is 7.22. The number of nitrogens with zero attached hydrogens (tertiary/aromatic N) is 7. The van der Waals surface area contributed by atoms with Crippen LogP contribution in [0.3, 0.4) is 0 Å². The predicted octanol–water partition coefficient (Wildman–Crippen LogP) is 8.12. The Morgan fingerprint density at radius 2 is 1.66 bits per heavy atom. The van der Waals surface area contributed by atoms with Crippen LogP contribution in [0.1, 0.15) is 62.5 Å². The summed E-state index contributed by atoms with van der Waals surface area (Å²) < 4.78 is 104. The van der Waals surface area contributed by atoms with Gasteiger partial charge in [-0.15, -0.1) is 0 Å². The van der Waals surface area contributed by atoms with E-state index in [0.29, 0.717) is 70.0 Å². The highest BCUT2D eigenvalue weighted by atomic mass is 32.1. The average molecular weight is 913 g/mol. The summed E-state index contributed by atoms with van der Waals surface area (Å²) in [6.07, 6.45) is -1.98. The fraction of sp³-hybridized carbons (Fsp3) is 0.289. The van der Waals surface area contributed by atoms with E-state index in [2.05, 4.69) is 35.5 Å². The van der Waals surface area contributed by atoms with Crippen molar-refractivity contribution < 1.29 is 40.3 Å². The second-order valence-corrected chi connectivity index (χ2v) is 17.7. The molecule has 6 heterocycles. The van der Waals surface area contributed by atoms with Crippen molar-refractivity contribution in [1.82, 2.24) is 40.3 Å². The number of nitrogens with one attached hydrogen (secondary N) is 3. The first kappa shape index (κ1) is 40.9. The van der Waals surface area contributed by atoms with Crippen molar-refractivity contribution in [2.45, 2.75) is 50.0 Å². The summed E-state index contributed by atoms with van der Waals surface area (Å²) in [7, 11) is 0. The maximum atomic E-state index is 15.5. The number of pyridine rings is 1. The number of rotatable bonds is 10. The van der Waals surface area contributed by atoms with E-state index in [1.807, 2.05) is 24.3 Å². The quantitative estimate of drug-likeness (QED) is 0.117. The minimum absolute atomic E-state index is 0.0902. The number of piperazine rings is 1. The monoisotopic (exact) mass is 912 g/mol. The van der Waals surface area contributed by atoms with Gasteiger partial charge in [0.15, 0.2) is 16.5 Å². The zero-order valence-corrected chi connectivity index (χ0v) is 34.7. The van der Waals surface area contributed by atoms with Gasteiger partial charge in [-0.05, 0) is 84.0 Å². The maximum Gasteiger partial charge on any atom is 0.435 e. The topological polar surface area (TPSA) is 137 Å². The first-order chi connectivity index (χ1) is 31.2. The van der Waals surface area contributed by atoms with E-state index in [0.717, 1.165) is 34.8 Å². The molecule has 4 aromatic heterocycles. The zero-order valence-electron chi connectivity index (χ0n) is 33.9. The number of alkyl halides is 5. The highest BCUT2D eigenvalue weighted by Crippen LogP contribution is 2.68. The Balaban J connectivity index is 0.947. The van der Waals surface area contributed by atoms with Crippen molar-refractivity contribution >= 4 is 44.3 Å². The van der Waals surface area contributed by atoms with Crippen LogP contribution in [0.15, 0.2) is 79.1 Å². The van der Waals surface area contributed by atoms with E-state index in [-0.39, 0.29) is 35.7 Å². The molecule has 2 amide bonds. The molecule has 0 bridgehead atoms. The summed E-state index contributed by atoms with van der Waals surface area (Å²) in [4.78, 5) is 48.6. The highest BCUT2D eigenvalue weighted by Gasteiger charge is 2.68. The number of fused-ring (bicyclic) bond motifs is 5. The van der Waals surface area contributed by atoms with Gasteiger partial charge in [0.25, 0.3) is 11.8 Å². The standard InChI is InChI=1S/C45H35F7N10O2S/c46-26-13-22(14-27(47)17-26)15-33(56-35(63)21-62-39-36(38(59-62)45(50,51)52)31-18-32(31)44(39,48)49)37-29(24-1-2-25-20-55-42(64)30(25)16-24)19-34-41(57-37)58-43(65-34)61-11-9-60(10-12-61)28-5-3-23(4-6-28)40-53-7-8-54-40/h1-8,13-14,16-17,19,31-33H,9-12,15,18,20-21H2,(H,53,54)(H,55,64)(H,56,63)/t31?,32-,33+/m1/s1. The lowest BCUT2D eigenvalue weighted by Crippen LogP contribution is -2.46. The normalized spacial score (nSPS) is 19.0. The van der Waals surface area contributed by atoms with Gasteiger partial charge in [-0.2, -0.15) is 32.0 Å². The van der Waals surface area contributed by atoms with Crippen LogP contribution in [0.2, 0.25) is 0 Å². The number of thiazole rings is 1. The van der Waals surface area contributed by atoms with Gasteiger partial charge >= 0.3 is 6.18 Å². The molecule has 2 aliphatic carbocycles. The molecule has 1 saturated carbocycles. The first-order valence-electron chi connectivity index (χ1n) is 20.8. The lowest BCUT2D eigenvalue weighted by atomic mass is 9.93. The number of aromatic amines is 1. The van der Waals surface area contributed by atoms with E-state index in [1.165, 1.54) is 11.3 Å². The fourth-order valence-corrected chi connectivity index (χ4v) is 10.4. The van der Waals surface area contributed by atoms with Gasteiger partial charge in [-0.25, -0.2) is 18.7 Å². The summed E-state index contributed by atoms with van der Waals surface area (Å²) in [5.41, 5.74) is 1.64. The number of aromatic nitrogens is 6. The van der Waals surface area contributed by atoms with Gasteiger partial charge in [-0.1, -0.05) is 23.5 Å². The lowest BCUT2D eigenvalue weighted by Gasteiger charge is -2.36. The summed E-state index contributed by atoms with van der Waals surface area (Å²) in [6.45, 7) is 1.92. The van der Waals surface area contributed by atoms with Crippen LogP contribution < -0.4 is 20.4 Å². The number of carbonyl (C=O) groups is 2. The number of H-pyrrole nitrogens is 1. The van der Waals surface area contributed by atoms with Crippen molar-refractivity contribution in [1.29, 1.82) is 0 Å². The first-order valence-corrected chi connectivity index (χ1v) is 21.6. The molecule has 4 aliphatic rings. The predicted molar refractivity (Wildman–Crippen MR) is 225 cm³/mol. The van der Waals surface area contributed by atoms with Crippen LogP contribution in [-0.4, -0.2) is 67.7 Å². The second kappa shape index (κ2) is 15.1. The molecular formula is C45H35F7N10O2S. The van der Waals surface area contributed by atoms with Gasteiger partial charge in [0.2, 0.25) is 5.91 Å². The van der Waals surface area contributed by atoms with Crippen LogP contribution in [0.5, 0.6) is 0 Å². The van der Waals surface area contributed by atoms with E-state index >= 15 is 8.78 Å². The largest absolute Gasteiger partial charge is 0.435 e. The smallest absolute Gasteiger partial charge is 0.368 e. The Morgan fingerprint density at radius 1 is 0.923 bits per heavy atom. The third-order valence-electron chi connectivity index (χ3n) is 12.6. The second-order valence-electron chi connectivity index (χ2n) is 16.7. The third kappa shape index (κ3) is 7.32. The number of imidazole rings is 1. The molecule has 0 radical (unpaired) electrons. The Bertz CT molecular complexity index is 3010. The van der Waals surface area contributed by atoms with Gasteiger partial charge in [0, 0.05) is 85.0 Å². The number of halogens is 7. The number of amides is 2. The summed E-state index contributed by atoms with van der Waals surface area (Å²) >= 11 is 1.38. The van der Waals surface area contributed by atoms with Crippen molar-refractivity contribution in [3.63, 3.8) is 0 Å². The number of hydrogen-bond acceptors (Lipinski definition) is 9. The molecule has 3 atom stereocenters. The zero-order chi connectivity index (χ0) is 44.9. The molecule has 1 saturated heterocycles. The maximum absolute atomic E-state index is 15.5. The van der Waals surface area contributed by atoms with Crippen LogP contribution in [0.4, 0.5) is 41.6 Å². The van der Waals surface area contributed by atoms with Crippen LogP contribution in [0.25, 0.3) is 32.9 Å². The van der Waals surface area contributed by atoms with Crippen molar-refractivity contribution in [3.05, 3.63) is 130 Å². The number of carbonyl (C=O) groups excluding carboxylic acids is 2. The van der Waals surface area contributed by atoms with Crippen molar-refractivity contribution in [2.24, 2.45) is 5.92 Å². The van der Waals surface area contributed by atoms with Crippen LogP contribution in [0, 0.1) is 17.6 Å². The molecule has 12 nitrogen and oxygen atoms in total. The van der Waals surface area contributed by atoms with E-state index in [9.17, 15) is 31.5 Å². The summed E-state index contributed by atoms with van der Waals surface area (Å²) in [5, 5.41) is 9.70. The molecule has 3 N–H and O–H groups in total.